The van der Waals surface area contributed by atoms with Crippen molar-refractivity contribution in [2.75, 3.05) is 65.6 Å². The molecule has 0 saturated carbocycles. The normalized spacial score (nSPS) is 15.1. The fraction of sp³-hybridized carbons (Fsp3) is 0.810. The second-order valence-corrected chi connectivity index (χ2v) is 22.8. The molecule has 1 aliphatic heterocycles. The third-order valence-electron chi connectivity index (χ3n) is 14.2. The second kappa shape index (κ2) is 48.6. The SMILES string of the molecule is CCCCCCCCCCCCCCCC(=O)OC[C@H](COP(=O)(O)OCCNC(=O)CCCC(C(=O)O)N1CCN(CC(=O)O)Cc2cccc(n2)CN(CC(=O)O)CC1)OC(=O)CCCCCCCCCCCCCCC.[Gd+3]. The molecule has 2 unspecified atom stereocenters. The molecule has 1 amide bonds. The number of carbonyl (C=O) groups excluding carboxylic acids is 3. The summed E-state index contributed by atoms with van der Waals surface area (Å²) in [4.78, 5) is 94.7. The third kappa shape index (κ3) is 41.3. The zero-order valence-electron chi connectivity index (χ0n) is 48.7. The summed E-state index contributed by atoms with van der Waals surface area (Å²) in [6, 6.07) is 4.19. The first kappa shape index (κ1) is 75.3. The van der Waals surface area contributed by atoms with Gasteiger partial charge in [0, 0.05) is 65.1 Å². The number of nitrogens with one attached hydrogen (secondary N) is 1. The van der Waals surface area contributed by atoms with Crippen LogP contribution in [0.2, 0.25) is 0 Å². The predicted octanol–water partition coefficient (Wildman–Crippen LogP) is 10.5. The van der Waals surface area contributed by atoms with Crippen molar-refractivity contribution < 1.29 is 112 Å². The first-order chi connectivity index (χ1) is 38.1. The van der Waals surface area contributed by atoms with Crippen LogP contribution in [0.15, 0.2) is 18.2 Å². The molecule has 0 spiro atoms. The van der Waals surface area contributed by atoms with Crippen LogP contribution < -0.4 is 5.32 Å². The number of rotatable bonds is 48. The van der Waals surface area contributed by atoms with Gasteiger partial charge in [-0.25, -0.2) is 4.57 Å². The monoisotopic (exact) mass is 1300 g/mol. The Morgan fingerprint density at radius 1 is 0.588 bits per heavy atom. The number of fused-ring (bicyclic) bond motifs is 2. The number of aliphatic carboxylic acids is 3. The summed E-state index contributed by atoms with van der Waals surface area (Å²) in [5, 5.41) is 32.1. The number of esters is 2. The van der Waals surface area contributed by atoms with Crippen LogP contribution in [0.3, 0.4) is 0 Å². The van der Waals surface area contributed by atoms with Crippen molar-refractivity contribution in [3.63, 3.8) is 0 Å². The maximum Gasteiger partial charge on any atom is 3.00 e. The van der Waals surface area contributed by atoms with E-state index in [2.05, 4.69) is 24.1 Å². The Kier molecular flexibility index (Phi) is 45.8. The van der Waals surface area contributed by atoms with Crippen molar-refractivity contribution in [3.8, 4) is 0 Å². The molecule has 2 rings (SSSR count). The number of carboxylic acid groups (broad SMARTS) is 3. The van der Waals surface area contributed by atoms with Gasteiger partial charge in [-0.1, -0.05) is 174 Å². The van der Waals surface area contributed by atoms with Gasteiger partial charge in [-0.05, 0) is 37.8 Å². The zero-order chi connectivity index (χ0) is 57.8. The van der Waals surface area contributed by atoms with E-state index in [4.69, 9.17) is 18.5 Å². The topological polar surface area (TPSA) is 272 Å². The Labute approximate surface area is 510 Å². The molecule has 80 heavy (non-hydrogen) atoms. The number of aromatic nitrogens is 1. The van der Waals surface area contributed by atoms with Gasteiger partial charge in [0.05, 0.1) is 37.7 Å². The maximum atomic E-state index is 12.9. The van der Waals surface area contributed by atoms with E-state index in [0.29, 0.717) is 24.2 Å². The average Bonchev–Trinajstić information content (AvgIpc) is 3.39. The number of amides is 1. The van der Waals surface area contributed by atoms with Crippen LogP contribution in [0.4, 0.5) is 0 Å². The van der Waals surface area contributed by atoms with Crippen molar-refractivity contribution in [1.82, 2.24) is 25.0 Å². The molecule has 2 heterocycles. The Hall–Kier alpha value is -2.72. The van der Waals surface area contributed by atoms with Crippen LogP contribution in [0, 0.1) is 39.9 Å². The van der Waals surface area contributed by atoms with Crippen molar-refractivity contribution in [1.29, 1.82) is 0 Å². The molecule has 0 saturated heterocycles. The van der Waals surface area contributed by atoms with Gasteiger partial charge < -0.3 is 35.0 Å². The van der Waals surface area contributed by atoms with E-state index in [0.717, 1.165) is 38.5 Å². The van der Waals surface area contributed by atoms with Gasteiger partial charge >= 0.3 is 77.6 Å². The maximum absolute atomic E-state index is 12.9. The second-order valence-electron chi connectivity index (χ2n) is 21.3. The molecule has 0 aliphatic carbocycles. The summed E-state index contributed by atoms with van der Waals surface area (Å²) in [6.07, 6.45) is 29.5. The molecule has 20 nitrogen and oxygen atoms in total. The molecule has 459 valence electrons. The number of nitrogens with zero attached hydrogens (tertiary/aromatic N) is 4. The minimum Gasteiger partial charge on any atom is -0.480 e. The molecule has 1 radical (unpaired) electrons. The number of phosphoric ester groups is 1. The van der Waals surface area contributed by atoms with Crippen LogP contribution in [0.5, 0.6) is 0 Å². The number of hydrogen-bond donors (Lipinski definition) is 5. The number of phosphoric acid groups is 1. The Morgan fingerprint density at radius 3 is 1.46 bits per heavy atom. The molecular weight excluding hydrogens is 1190 g/mol. The summed E-state index contributed by atoms with van der Waals surface area (Å²) >= 11 is 0. The molecule has 22 heteroatoms. The number of pyridine rings is 1. The number of unbranched alkanes of at least 4 members (excludes halogenated alkanes) is 24. The number of ether oxygens (including phenoxy) is 2. The van der Waals surface area contributed by atoms with Crippen molar-refractivity contribution in [2.45, 2.75) is 238 Å². The van der Waals surface area contributed by atoms with Crippen LogP contribution in [-0.4, -0.2) is 153 Å². The van der Waals surface area contributed by atoms with Crippen molar-refractivity contribution in [3.05, 3.63) is 29.6 Å². The quantitative estimate of drug-likeness (QED) is 0.0230. The molecule has 0 aromatic carbocycles. The molecule has 1 aromatic heterocycles. The van der Waals surface area contributed by atoms with Crippen LogP contribution in [0.25, 0.3) is 0 Å². The number of carbonyl (C=O) groups is 6. The van der Waals surface area contributed by atoms with E-state index < -0.39 is 68.9 Å². The fourth-order valence-corrected chi connectivity index (χ4v) is 10.5. The van der Waals surface area contributed by atoms with Gasteiger partial charge in [-0.3, -0.25) is 57.5 Å². The van der Waals surface area contributed by atoms with E-state index in [1.807, 2.05) is 0 Å². The summed E-state index contributed by atoms with van der Waals surface area (Å²) < 4.78 is 34.3. The van der Waals surface area contributed by atoms with Gasteiger partial charge in [0.1, 0.15) is 12.6 Å². The summed E-state index contributed by atoms with van der Waals surface area (Å²) in [7, 11) is -4.74. The Balaban J connectivity index is 0.0000320. The first-order valence-electron chi connectivity index (χ1n) is 30.1. The molecule has 5 N–H and O–H groups in total. The molecule has 1 aromatic rings. The fourth-order valence-electron chi connectivity index (χ4n) is 9.70. The van der Waals surface area contributed by atoms with Gasteiger partial charge in [-0.15, -0.1) is 0 Å². The van der Waals surface area contributed by atoms with Gasteiger partial charge in [0.2, 0.25) is 5.91 Å². The molecule has 1 aliphatic rings. The smallest absolute Gasteiger partial charge is 0.480 e. The largest absolute Gasteiger partial charge is 3.00 e. The van der Waals surface area contributed by atoms with Gasteiger partial charge in [-0.2, -0.15) is 0 Å². The van der Waals surface area contributed by atoms with Crippen molar-refractivity contribution in [2.24, 2.45) is 0 Å². The predicted molar refractivity (Wildman–Crippen MR) is 303 cm³/mol. The first-order valence-corrected chi connectivity index (χ1v) is 31.6. The third-order valence-corrected chi connectivity index (χ3v) is 15.2. The standard InChI is InChI=1S/C58H102N5O15P.Gd/c1-3-5-7-9-11-13-15-17-19-21-23-25-27-35-56(69)75-47-51(78-57(70)36-28-26-24-22-20-18-16-14-12-10-8-6-4-2)48-77-79(73,74)76-42-37-59-53(64)34-30-33-52(58(71)72)63-40-38-61(45-54(65)66)43-49-31-29-32-50(60-49)44-62(39-41-63)46-55(67)68;/h29,31-32,51-52H,3-28,30,33-48H2,1-2H3,(H,59,64)(H,65,66)(H,67,68)(H,71,72)(H,73,74);/q;+3/t51-,52?;/m1./s1. The molecule has 0 fully saturated rings. The summed E-state index contributed by atoms with van der Waals surface area (Å²) in [5.41, 5.74) is 1.18. The average molecular weight is 1300 g/mol. The van der Waals surface area contributed by atoms with E-state index in [9.17, 15) is 53.5 Å². The minimum atomic E-state index is -4.74. The van der Waals surface area contributed by atoms with Gasteiger partial charge in [0.25, 0.3) is 0 Å². The Bertz CT molecular complexity index is 1840. The Morgan fingerprint density at radius 2 is 1.02 bits per heavy atom. The molecule has 3 atom stereocenters. The molecular formula is C58H102GdN5O15P+3. The van der Waals surface area contributed by atoms with Crippen molar-refractivity contribution >= 4 is 43.6 Å². The van der Waals surface area contributed by atoms with E-state index in [-0.39, 0.29) is 138 Å². The summed E-state index contributed by atoms with van der Waals surface area (Å²) in [5.74, 6) is -4.75. The van der Waals surface area contributed by atoms with E-state index >= 15 is 0 Å². The van der Waals surface area contributed by atoms with Gasteiger partial charge in [0.15, 0.2) is 6.10 Å². The van der Waals surface area contributed by atoms with E-state index in [1.54, 1.807) is 32.9 Å². The van der Waals surface area contributed by atoms with Crippen LogP contribution in [-0.2, 0) is 64.9 Å². The minimum absolute atomic E-state index is 0. The molecule has 2 bridgehead atoms. The number of carboxylic acids is 3. The van der Waals surface area contributed by atoms with Crippen LogP contribution in [0.1, 0.15) is 224 Å². The summed E-state index contributed by atoms with van der Waals surface area (Å²) in [6.45, 7) is 3.27. The van der Waals surface area contributed by atoms with E-state index in [1.165, 1.54) is 116 Å². The zero-order valence-corrected chi connectivity index (χ0v) is 51.8. The number of hydrogen-bond acceptors (Lipinski definition) is 15. The van der Waals surface area contributed by atoms with Crippen LogP contribution >= 0.6 is 7.82 Å².